The molecule has 0 aliphatic rings. The summed E-state index contributed by atoms with van der Waals surface area (Å²) in [6, 6.07) is 5.60. The Kier molecular flexibility index (Phi) is 7.51. The Hall–Kier alpha value is -1.29. The van der Waals surface area contributed by atoms with Gasteiger partial charge in [-0.25, -0.2) is 21.9 Å². The molecule has 1 aromatic rings. The second-order valence-corrected chi connectivity index (χ2v) is 5.67. The SMILES string of the molecule is O=S(=O)(NCCOCC(F)F)c1ccc(OCCO)cc1. The summed E-state index contributed by atoms with van der Waals surface area (Å²) in [5.74, 6) is 0.434. The molecule has 0 amide bonds. The van der Waals surface area contributed by atoms with Crippen molar-refractivity contribution in [3.63, 3.8) is 0 Å². The number of ether oxygens (including phenoxy) is 2. The Labute approximate surface area is 121 Å². The molecule has 21 heavy (non-hydrogen) atoms. The van der Waals surface area contributed by atoms with Gasteiger partial charge in [-0.05, 0) is 24.3 Å². The molecule has 0 saturated carbocycles. The number of benzene rings is 1. The van der Waals surface area contributed by atoms with Crippen LogP contribution in [0.1, 0.15) is 0 Å². The molecule has 0 aliphatic carbocycles. The second-order valence-electron chi connectivity index (χ2n) is 3.91. The first kappa shape index (κ1) is 17.8. The smallest absolute Gasteiger partial charge is 0.261 e. The van der Waals surface area contributed by atoms with E-state index in [0.717, 1.165) is 0 Å². The average molecular weight is 325 g/mol. The van der Waals surface area contributed by atoms with Gasteiger partial charge in [-0.2, -0.15) is 0 Å². The van der Waals surface area contributed by atoms with Crippen molar-refractivity contribution in [2.75, 3.05) is 33.0 Å². The van der Waals surface area contributed by atoms with Crippen molar-refractivity contribution in [2.24, 2.45) is 0 Å². The molecule has 2 N–H and O–H groups in total. The molecule has 0 atom stereocenters. The number of hydrogen-bond donors (Lipinski definition) is 2. The molecule has 0 aromatic heterocycles. The number of alkyl halides is 2. The van der Waals surface area contributed by atoms with Crippen LogP contribution in [0.3, 0.4) is 0 Å². The fraction of sp³-hybridized carbons (Fsp3) is 0.500. The van der Waals surface area contributed by atoms with Crippen molar-refractivity contribution in [3.8, 4) is 5.75 Å². The van der Waals surface area contributed by atoms with E-state index in [4.69, 9.17) is 9.84 Å². The summed E-state index contributed by atoms with van der Waals surface area (Å²) in [6.07, 6.45) is -2.58. The molecule has 0 unspecified atom stereocenters. The molecule has 0 radical (unpaired) electrons. The summed E-state index contributed by atoms with van der Waals surface area (Å²) in [5, 5.41) is 8.60. The van der Waals surface area contributed by atoms with E-state index in [9.17, 15) is 17.2 Å². The summed E-state index contributed by atoms with van der Waals surface area (Å²) >= 11 is 0. The quantitative estimate of drug-likeness (QED) is 0.616. The number of nitrogens with one attached hydrogen (secondary N) is 1. The van der Waals surface area contributed by atoms with E-state index in [1.54, 1.807) is 0 Å². The largest absolute Gasteiger partial charge is 0.491 e. The maximum absolute atomic E-state index is 11.9. The van der Waals surface area contributed by atoms with Crippen LogP contribution in [0.4, 0.5) is 8.78 Å². The molecule has 9 heteroatoms. The summed E-state index contributed by atoms with van der Waals surface area (Å²) in [6.45, 7) is -0.982. The van der Waals surface area contributed by atoms with Crippen LogP contribution in [0, 0.1) is 0 Å². The topological polar surface area (TPSA) is 84.9 Å². The first-order valence-electron chi connectivity index (χ1n) is 6.15. The third kappa shape index (κ3) is 6.80. The minimum absolute atomic E-state index is 0.0210. The summed E-state index contributed by atoms with van der Waals surface area (Å²) in [7, 11) is -3.72. The van der Waals surface area contributed by atoms with E-state index < -0.39 is 23.1 Å². The third-order valence-electron chi connectivity index (χ3n) is 2.28. The molecular formula is C12H17F2NO5S. The average Bonchev–Trinajstić information content (AvgIpc) is 2.44. The summed E-state index contributed by atoms with van der Waals surface area (Å²) in [4.78, 5) is 0.0210. The summed E-state index contributed by atoms with van der Waals surface area (Å²) in [5.41, 5.74) is 0. The van der Waals surface area contributed by atoms with Gasteiger partial charge in [0.25, 0.3) is 6.43 Å². The maximum Gasteiger partial charge on any atom is 0.261 e. The van der Waals surface area contributed by atoms with Gasteiger partial charge in [0.2, 0.25) is 10.0 Å². The highest BCUT2D eigenvalue weighted by Crippen LogP contribution is 2.15. The van der Waals surface area contributed by atoms with Crippen LogP contribution < -0.4 is 9.46 Å². The van der Waals surface area contributed by atoms with Gasteiger partial charge >= 0.3 is 0 Å². The molecule has 0 aliphatic heterocycles. The molecule has 0 spiro atoms. The van der Waals surface area contributed by atoms with Crippen molar-refractivity contribution < 1.29 is 31.8 Å². The number of halogens is 2. The van der Waals surface area contributed by atoms with Crippen LogP contribution in [0.25, 0.3) is 0 Å². The number of aliphatic hydroxyl groups is 1. The number of aliphatic hydroxyl groups excluding tert-OH is 1. The number of sulfonamides is 1. The van der Waals surface area contributed by atoms with Crippen LogP contribution >= 0.6 is 0 Å². The van der Waals surface area contributed by atoms with E-state index in [1.165, 1.54) is 24.3 Å². The lowest BCUT2D eigenvalue weighted by molar-refractivity contribution is 0.0199. The van der Waals surface area contributed by atoms with Gasteiger partial charge in [0.15, 0.2) is 0 Å². The Morgan fingerprint density at radius 1 is 1.19 bits per heavy atom. The van der Waals surface area contributed by atoms with Crippen LogP contribution in [0.2, 0.25) is 0 Å². The molecular weight excluding hydrogens is 308 g/mol. The molecule has 6 nitrogen and oxygen atoms in total. The lowest BCUT2D eigenvalue weighted by Crippen LogP contribution is -2.28. The van der Waals surface area contributed by atoms with E-state index in [-0.39, 0.29) is 31.3 Å². The molecule has 120 valence electrons. The van der Waals surface area contributed by atoms with E-state index >= 15 is 0 Å². The lowest BCUT2D eigenvalue weighted by Gasteiger charge is -2.08. The van der Waals surface area contributed by atoms with Crippen molar-refractivity contribution in [1.82, 2.24) is 4.72 Å². The molecule has 0 saturated heterocycles. The highest BCUT2D eigenvalue weighted by atomic mass is 32.2. The standard InChI is InChI=1S/C12H17F2NO5S/c13-12(14)9-19-7-5-15-21(17,18)11-3-1-10(2-4-11)20-8-6-16/h1-4,12,15-16H,5-9H2. The van der Waals surface area contributed by atoms with E-state index in [2.05, 4.69) is 9.46 Å². The van der Waals surface area contributed by atoms with Crippen LogP contribution in [0.5, 0.6) is 5.75 Å². The van der Waals surface area contributed by atoms with Crippen LogP contribution in [0.15, 0.2) is 29.2 Å². The van der Waals surface area contributed by atoms with Gasteiger partial charge < -0.3 is 14.6 Å². The van der Waals surface area contributed by atoms with E-state index in [0.29, 0.717) is 5.75 Å². The van der Waals surface area contributed by atoms with Crippen LogP contribution in [-0.2, 0) is 14.8 Å². The molecule has 0 fully saturated rings. The van der Waals surface area contributed by atoms with Gasteiger partial charge in [0, 0.05) is 6.54 Å². The van der Waals surface area contributed by atoms with Crippen molar-refractivity contribution in [3.05, 3.63) is 24.3 Å². The zero-order valence-electron chi connectivity index (χ0n) is 11.2. The number of hydrogen-bond acceptors (Lipinski definition) is 5. The molecule has 0 bridgehead atoms. The van der Waals surface area contributed by atoms with Gasteiger partial charge in [-0.15, -0.1) is 0 Å². The molecule has 1 rings (SSSR count). The second kappa shape index (κ2) is 8.88. The summed E-state index contributed by atoms with van der Waals surface area (Å²) < 4.78 is 59.2. The zero-order chi connectivity index (χ0) is 15.7. The van der Waals surface area contributed by atoms with Crippen molar-refractivity contribution in [2.45, 2.75) is 11.3 Å². The van der Waals surface area contributed by atoms with Crippen LogP contribution in [-0.4, -0.2) is 52.9 Å². The first-order chi connectivity index (χ1) is 9.95. The minimum atomic E-state index is -3.72. The van der Waals surface area contributed by atoms with Gasteiger partial charge in [-0.1, -0.05) is 0 Å². The maximum atomic E-state index is 11.9. The Morgan fingerprint density at radius 2 is 1.86 bits per heavy atom. The zero-order valence-corrected chi connectivity index (χ0v) is 12.0. The fourth-order valence-electron chi connectivity index (χ4n) is 1.38. The Morgan fingerprint density at radius 3 is 2.43 bits per heavy atom. The normalized spacial score (nSPS) is 11.8. The first-order valence-corrected chi connectivity index (χ1v) is 7.63. The van der Waals surface area contributed by atoms with Crippen molar-refractivity contribution in [1.29, 1.82) is 0 Å². The van der Waals surface area contributed by atoms with E-state index in [1.807, 2.05) is 0 Å². The highest BCUT2D eigenvalue weighted by Gasteiger charge is 2.13. The highest BCUT2D eigenvalue weighted by molar-refractivity contribution is 7.89. The Balaban J connectivity index is 2.46. The molecule has 1 aromatic carbocycles. The number of rotatable bonds is 10. The lowest BCUT2D eigenvalue weighted by atomic mass is 10.3. The predicted octanol–water partition coefficient (Wildman–Crippen LogP) is 0.618. The fourth-order valence-corrected chi connectivity index (χ4v) is 2.40. The van der Waals surface area contributed by atoms with Gasteiger partial charge in [-0.3, -0.25) is 0 Å². The van der Waals surface area contributed by atoms with Gasteiger partial charge in [0.05, 0.1) is 18.1 Å². The van der Waals surface area contributed by atoms with Crippen molar-refractivity contribution >= 4 is 10.0 Å². The predicted molar refractivity (Wildman–Crippen MR) is 71.0 cm³/mol. The monoisotopic (exact) mass is 325 g/mol. The minimum Gasteiger partial charge on any atom is -0.491 e. The third-order valence-corrected chi connectivity index (χ3v) is 3.75. The molecule has 0 heterocycles. The Bertz CT molecular complexity index is 507. The van der Waals surface area contributed by atoms with Gasteiger partial charge in [0.1, 0.15) is 19.0 Å².